The van der Waals surface area contributed by atoms with Crippen molar-refractivity contribution in [3.8, 4) is 0 Å². The molecule has 0 aromatic carbocycles. The highest BCUT2D eigenvalue weighted by Crippen LogP contribution is 2.05. The van der Waals surface area contributed by atoms with E-state index < -0.39 is 6.10 Å². The van der Waals surface area contributed by atoms with E-state index in [0.717, 1.165) is 11.8 Å². The lowest BCUT2D eigenvalue weighted by Gasteiger charge is -2.08. The lowest BCUT2D eigenvalue weighted by molar-refractivity contribution is 0.0552. The van der Waals surface area contributed by atoms with E-state index in [9.17, 15) is 5.11 Å². The number of nitrogens with two attached hydrogens (primary N) is 2. The molecule has 0 aliphatic rings. The van der Waals surface area contributed by atoms with Gasteiger partial charge in [-0.15, -0.1) is 0 Å². The van der Waals surface area contributed by atoms with Crippen LogP contribution in [0.5, 0.6) is 0 Å². The minimum absolute atomic E-state index is 0.0134. The first-order chi connectivity index (χ1) is 6.56. The van der Waals surface area contributed by atoms with E-state index in [1.54, 1.807) is 0 Å². The van der Waals surface area contributed by atoms with Crippen molar-refractivity contribution in [3.05, 3.63) is 0 Å². The predicted octanol–water partition coefficient (Wildman–Crippen LogP) is -0.675. The van der Waals surface area contributed by atoms with E-state index in [1.165, 1.54) is 0 Å². The van der Waals surface area contributed by atoms with Gasteiger partial charge >= 0.3 is 0 Å². The van der Waals surface area contributed by atoms with Crippen LogP contribution in [-0.4, -0.2) is 41.3 Å². The molecule has 0 heterocycles. The summed E-state index contributed by atoms with van der Waals surface area (Å²) in [4.78, 5) is 3.50. The topological polar surface area (TPSA) is 118 Å². The van der Waals surface area contributed by atoms with Gasteiger partial charge in [0.25, 0.3) is 0 Å². The highest BCUT2D eigenvalue weighted by molar-refractivity contribution is 8.13. The van der Waals surface area contributed by atoms with Crippen LogP contribution in [-0.2, 0) is 4.74 Å². The number of nitrogens with zero attached hydrogens (tertiary/aromatic N) is 1. The Morgan fingerprint density at radius 2 is 2.29 bits per heavy atom. The Morgan fingerprint density at radius 1 is 1.64 bits per heavy atom. The molecule has 0 spiro atoms. The van der Waals surface area contributed by atoms with E-state index in [2.05, 4.69) is 4.99 Å². The van der Waals surface area contributed by atoms with Crippen LogP contribution in [0.15, 0.2) is 4.99 Å². The summed E-state index contributed by atoms with van der Waals surface area (Å²) >= 11 is 1.07. The number of nitrogens with one attached hydrogen (secondary N) is 1. The second kappa shape index (κ2) is 7.60. The Bertz CT molecular complexity index is 206. The zero-order valence-electron chi connectivity index (χ0n) is 8.06. The van der Waals surface area contributed by atoms with E-state index in [0.29, 0.717) is 12.4 Å². The van der Waals surface area contributed by atoms with Crippen molar-refractivity contribution in [3.63, 3.8) is 0 Å². The summed E-state index contributed by atoms with van der Waals surface area (Å²) in [6, 6.07) is 0. The minimum atomic E-state index is -0.602. The number of aliphatic hydroxyl groups excluding tert-OH is 1. The largest absolute Gasteiger partial charge is 0.390 e. The molecule has 0 saturated carbocycles. The second-order valence-corrected chi connectivity index (χ2v) is 3.47. The Kier molecular flexibility index (Phi) is 7.17. The van der Waals surface area contributed by atoms with Gasteiger partial charge in [-0.25, -0.2) is 0 Å². The zero-order chi connectivity index (χ0) is 11.0. The SMILES string of the molecule is CCOCC(O)CSC(=N)N=C(N)N. The summed E-state index contributed by atoms with van der Waals surface area (Å²) in [7, 11) is 0. The first-order valence-electron chi connectivity index (χ1n) is 4.13. The van der Waals surface area contributed by atoms with Gasteiger partial charge in [-0.3, -0.25) is 5.41 Å². The summed E-state index contributed by atoms with van der Waals surface area (Å²) < 4.78 is 4.99. The number of ether oxygens (including phenoxy) is 1. The van der Waals surface area contributed by atoms with Crippen LogP contribution in [0.1, 0.15) is 6.92 Å². The first kappa shape index (κ1) is 13.2. The van der Waals surface area contributed by atoms with Crippen LogP contribution in [0.25, 0.3) is 0 Å². The average molecular weight is 220 g/mol. The van der Waals surface area contributed by atoms with Crippen molar-refractivity contribution >= 4 is 22.9 Å². The van der Waals surface area contributed by atoms with Gasteiger partial charge in [0.15, 0.2) is 11.1 Å². The van der Waals surface area contributed by atoms with Crippen molar-refractivity contribution in [1.82, 2.24) is 0 Å². The number of aliphatic imine (C=N–C) groups is 1. The van der Waals surface area contributed by atoms with Gasteiger partial charge in [0.1, 0.15) is 0 Å². The molecule has 82 valence electrons. The molecule has 0 radical (unpaired) electrons. The van der Waals surface area contributed by atoms with E-state index in [1.807, 2.05) is 6.92 Å². The van der Waals surface area contributed by atoms with Crippen molar-refractivity contribution in [1.29, 1.82) is 5.41 Å². The maximum absolute atomic E-state index is 9.31. The van der Waals surface area contributed by atoms with Gasteiger partial charge in [0.05, 0.1) is 12.7 Å². The third-order valence-electron chi connectivity index (χ3n) is 1.16. The molecule has 1 unspecified atom stereocenters. The van der Waals surface area contributed by atoms with Gasteiger partial charge < -0.3 is 21.3 Å². The van der Waals surface area contributed by atoms with Gasteiger partial charge in [0, 0.05) is 12.4 Å². The van der Waals surface area contributed by atoms with E-state index >= 15 is 0 Å². The number of hydrogen-bond donors (Lipinski definition) is 4. The molecule has 0 aliphatic carbocycles. The highest BCUT2D eigenvalue weighted by atomic mass is 32.2. The summed E-state index contributed by atoms with van der Waals surface area (Å²) in [5, 5.41) is 16.5. The summed E-state index contributed by atoms with van der Waals surface area (Å²) in [6.07, 6.45) is -0.602. The fourth-order valence-electron chi connectivity index (χ4n) is 0.627. The van der Waals surface area contributed by atoms with Crippen LogP contribution >= 0.6 is 11.8 Å². The van der Waals surface area contributed by atoms with Crippen molar-refractivity contribution in [2.45, 2.75) is 13.0 Å². The highest BCUT2D eigenvalue weighted by Gasteiger charge is 2.05. The molecule has 1 atom stereocenters. The van der Waals surface area contributed by atoms with E-state index in [4.69, 9.17) is 21.6 Å². The van der Waals surface area contributed by atoms with Gasteiger partial charge in [0.2, 0.25) is 0 Å². The molecule has 0 aromatic heterocycles. The maximum atomic E-state index is 9.31. The molecule has 0 aliphatic heterocycles. The first-order valence-corrected chi connectivity index (χ1v) is 5.11. The normalized spacial score (nSPS) is 12.1. The second-order valence-electron chi connectivity index (χ2n) is 2.47. The van der Waals surface area contributed by atoms with Crippen LogP contribution in [0.3, 0.4) is 0 Å². The Hall–Kier alpha value is -0.790. The van der Waals surface area contributed by atoms with Crippen LogP contribution in [0.4, 0.5) is 0 Å². The molecule has 0 fully saturated rings. The van der Waals surface area contributed by atoms with Crippen LogP contribution in [0.2, 0.25) is 0 Å². The van der Waals surface area contributed by atoms with Gasteiger partial charge in [-0.05, 0) is 6.92 Å². The Labute approximate surface area is 87.2 Å². The standard InChI is InChI=1S/C7H16N4O2S/c1-2-13-3-5(12)4-14-7(10)11-6(8)9/h5,12H,2-4H2,1H3,(H5,8,9,10,11). The van der Waals surface area contributed by atoms with E-state index in [-0.39, 0.29) is 17.7 Å². The van der Waals surface area contributed by atoms with Crippen molar-refractivity contribution in [2.24, 2.45) is 16.5 Å². The number of aliphatic hydroxyl groups is 1. The monoisotopic (exact) mass is 220 g/mol. The molecule has 0 aromatic rings. The third-order valence-corrected chi connectivity index (χ3v) is 2.07. The van der Waals surface area contributed by atoms with Crippen LogP contribution in [0, 0.1) is 5.41 Å². The molecule has 0 amide bonds. The molecule has 0 rings (SSSR count). The Balaban J connectivity index is 3.61. The number of hydrogen-bond acceptors (Lipinski definition) is 4. The van der Waals surface area contributed by atoms with Crippen LogP contribution < -0.4 is 11.5 Å². The number of rotatable bonds is 5. The summed E-state index contributed by atoms with van der Waals surface area (Å²) in [5.74, 6) is 0.192. The van der Waals surface area contributed by atoms with Crippen molar-refractivity contribution in [2.75, 3.05) is 19.0 Å². The molecule has 0 bridgehead atoms. The number of thioether (sulfide) groups is 1. The van der Waals surface area contributed by atoms with Crippen molar-refractivity contribution < 1.29 is 9.84 Å². The summed E-state index contributed by atoms with van der Waals surface area (Å²) in [5.41, 5.74) is 10.1. The zero-order valence-corrected chi connectivity index (χ0v) is 8.88. The lowest BCUT2D eigenvalue weighted by atomic mass is 10.4. The number of guanidine groups is 1. The molecular formula is C7H16N4O2S. The van der Waals surface area contributed by atoms with Gasteiger partial charge in [-0.1, -0.05) is 11.8 Å². The molecular weight excluding hydrogens is 204 g/mol. The average Bonchev–Trinajstić information content (AvgIpc) is 2.10. The quantitative estimate of drug-likeness (QED) is 0.362. The predicted molar refractivity (Wildman–Crippen MR) is 58.5 cm³/mol. The molecule has 14 heavy (non-hydrogen) atoms. The van der Waals surface area contributed by atoms with Gasteiger partial charge in [-0.2, -0.15) is 4.99 Å². The molecule has 0 saturated heterocycles. The Morgan fingerprint density at radius 3 is 2.79 bits per heavy atom. The molecule has 7 heteroatoms. The fourth-order valence-corrected chi connectivity index (χ4v) is 1.24. The molecule has 6 nitrogen and oxygen atoms in total. The number of amidine groups is 1. The maximum Gasteiger partial charge on any atom is 0.193 e. The lowest BCUT2D eigenvalue weighted by Crippen LogP contribution is -2.24. The molecule has 6 N–H and O–H groups in total. The summed E-state index contributed by atoms with van der Waals surface area (Å²) in [6.45, 7) is 2.67. The smallest absolute Gasteiger partial charge is 0.193 e. The minimum Gasteiger partial charge on any atom is -0.390 e. The third kappa shape index (κ3) is 7.84. The fraction of sp³-hybridized carbons (Fsp3) is 0.714.